The van der Waals surface area contributed by atoms with Gasteiger partial charge in [-0.3, -0.25) is 4.79 Å². The maximum absolute atomic E-state index is 12.1. The van der Waals surface area contributed by atoms with Gasteiger partial charge in [-0.25, -0.2) is 0 Å². The molecule has 1 aliphatic carbocycles. The molecule has 2 rings (SSSR count). The molecule has 0 bridgehead atoms. The molecule has 3 nitrogen and oxygen atoms in total. The molecule has 1 saturated carbocycles. The van der Waals surface area contributed by atoms with Crippen LogP contribution in [0.1, 0.15) is 65.2 Å². The molecule has 19 heavy (non-hydrogen) atoms. The van der Waals surface area contributed by atoms with Crippen LogP contribution in [-0.4, -0.2) is 24.7 Å². The maximum atomic E-state index is 12.1. The predicted molar refractivity (Wildman–Crippen MR) is 77.0 cm³/mol. The van der Waals surface area contributed by atoms with Crippen molar-refractivity contribution in [2.75, 3.05) is 13.1 Å². The summed E-state index contributed by atoms with van der Waals surface area (Å²) in [4.78, 5) is 12.1. The topological polar surface area (TPSA) is 38.3 Å². The Morgan fingerprint density at radius 2 is 1.74 bits per heavy atom. The molecular formula is C16H29NO2. The van der Waals surface area contributed by atoms with Gasteiger partial charge in [-0.05, 0) is 58.5 Å². The lowest BCUT2D eigenvalue weighted by Gasteiger charge is -2.37. The van der Waals surface area contributed by atoms with Crippen molar-refractivity contribution in [3.8, 4) is 0 Å². The Morgan fingerprint density at radius 3 is 2.37 bits per heavy atom. The van der Waals surface area contributed by atoms with Gasteiger partial charge in [-0.2, -0.15) is 0 Å². The minimum Gasteiger partial charge on any atom is -0.459 e. The molecule has 0 radical (unpaired) electrons. The standard InChI is InChI=1S/C16H29NO2/c1-16(2,14-8-10-17-11-9-14)19-15(18)12-13-6-4-3-5-7-13/h13-14,17H,3-12H2,1-2H3. The van der Waals surface area contributed by atoms with E-state index in [1.807, 2.05) is 0 Å². The van der Waals surface area contributed by atoms with Crippen LogP contribution in [0, 0.1) is 11.8 Å². The van der Waals surface area contributed by atoms with Gasteiger partial charge in [0, 0.05) is 12.3 Å². The number of nitrogens with one attached hydrogen (secondary N) is 1. The second kappa shape index (κ2) is 6.74. The van der Waals surface area contributed by atoms with Crippen LogP contribution < -0.4 is 5.32 Å². The number of rotatable bonds is 4. The Morgan fingerprint density at radius 1 is 1.11 bits per heavy atom. The molecule has 0 spiro atoms. The minimum absolute atomic E-state index is 0.0235. The first kappa shape index (κ1) is 14.8. The van der Waals surface area contributed by atoms with E-state index in [2.05, 4.69) is 19.2 Å². The van der Waals surface area contributed by atoms with E-state index in [0.29, 0.717) is 18.3 Å². The van der Waals surface area contributed by atoms with Gasteiger partial charge in [0.15, 0.2) is 0 Å². The lowest BCUT2D eigenvalue weighted by molar-refractivity contribution is -0.164. The normalized spacial score (nSPS) is 23.3. The fraction of sp³-hybridized carbons (Fsp3) is 0.938. The van der Waals surface area contributed by atoms with Gasteiger partial charge in [0.1, 0.15) is 5.60 Å². The fourth-order valence-electron chi connectivity index (χ4n) is 3.56. The molecule has 2 aliphatic rings. The first-order valence-electron chi connectivity index (χ1n) is 8.00. The van der Waals surface area contributed by atoms with Gasteiger partial charge in [0.05, 0.1) is 0 Å². The van der Waals surface area contributed by atoms with Crippen LogP contribution >= 0.6 is 0 Å². The number of piperidine rings is 1. The van der Waals surface area contributed by atoms with Gasteiger partial charge in [-0.15, -0.1) is 0 Å². The van der Waals surface area contributed by atoms with E-state index in [4.69, 9.17) is 4.74 Å². The van der Waals surface area contributed by atoms with Crippen molar-refractivity contribution in [3.05, 3.63) is 0 Å². The van der Waals surface area contributed by atoms with E-state index in [-0.39, 0.29) is 11.6 Å². The van der Waals surface area contributed by atoms with Gasteiger partial charge < -0.3 is 10.1 Å². The van der Waals surface area contributed by atoms with Crippen LogP contribution in [0.25, 0.3) is 0 Å². The molecule has 1 saturated heterocycles. The van der Waals surface area contributed by atoms with Crippen LogP contribution in [0.15, 0.2) is 0 Å². The SMILES string of the molecule is CC(C)(OC(=O)CC1CCCCC1)C1CCNCC1. The summed E-state index contributed by atoms with van der Waals surface area (Å²) >= 11 is 0. The lowest BCUT2D eigenvalue weighted by Crippen LogP contribution is -2.43. The molecule has 1 heterocycles. The Labute approximate surface area is 117 Å². The zero-order valence-corrected chi connectivity index (χ0v) is 12.5. The predicted octanol–water partition coefficient (Wildman–Crippen LogP) is 3.28. The lowest BCUT2D eigenvalue weighted by atomic mass is 9.83. The van der Waals surface area contributed by atoms with Gasteiger partial charge in [-0.1, -0.05) is 19.3 Å². The smallest absolute Gasteiger partial charge is 0.306 e. The second-order valence-corrected chi connectivity index (χ2v) is 6.81. The largest absolute Gasteiger partial charge is 0.459 e. The molecule has 0 atom stereocenters. The quantitative estimate of drug-likeness (QED) is 0.794. The Bertz CT molecular complexity index is 289. The molecule has 0 amide bonds. The monoisotopic (exact) mass is 267 g/mol. The zero-order valence-electron chi connectivity index (χ0n) is 12.5. The third-order valence-corrected chi connectivity index (χ3v) is 4.88. The summed E-state index contributed by atoms with van der Waals surface area (Å²) in [6.07, 6.45) is 9.20. The Balaban J connectivity index is 1.79. The molecule has 2 fully saturated rings. The number of carbonyl (C=O) groups excluding carboxylic acids is 1. The third kappa shape index (κ3) is 4.48. The summed E-state index contributed by atoms with van der Waals surface area (Å²) in [7, 11) is 0. The van der Waals surface area contributed by atoms with E-state index in [0.717, 1.165) is 25.9 Å². The summed E-state index contributed by atoms with van der Waals surface area (Å²) in [6, 6.07) is 0. The summed E-state index contributed by atoms with van der Waals surface area (Å²) in [6.45, 7) is 6.27. The van der Waals surface area contributed by atoms with Crippen molar-refractivity contribution in [1.29, 1.82) is 0 Å². The van der Waals surface area contributed by atoms with Gasteiger partial charge >= 0.3 is 5.97 Å². The third-order valence-electron chi connectivity index (χ3n) is 4.88. The average Bonchev–Trinajstić information content (AvgIpc) is 2.40. The van der Waals surface area contributed by atoms with Crippen molar-refractivity contribution in [2.24, 2.45) is 11.8 Å². The maximum Gasteiger partial charge on any atom is 0.306 e. The highest BCUT2D eigenvalue weighted by Crippen LogP contribution is 2.31. The number of carbonyl (C=O) groups is 1. The Kier molecular flexibility index (Phi) is 5.26. The summed E-state index contributed by atoms with van der Waals surface area (Å²) in [5.74, 6) is 1.10. The Hall–Kier alpha value is -0.570. The molecule has 110 valence electrons. The number of ether oxygens (including phenoxy) is 1. The number of esters is 1. The first-order valence-corrected chi connectivity index (χ1v) is 8.00. The minimum atomic E-state index is -0.298. The van der Waals surface area contributed by atoms with Gasteiger partial charge in [0.2, 0.25) is 0 Å². The molecule has 0 aromatic rings. The summed E-state index contributed by atoms with van der Waals surface area (Å²) < 4.78 is 5.81. The average molecular weight is 267 g/mol. The first-order chi connectivity index (χ1) is 9.08. The second-order valence-electron chi connectivity index (χ2n) is 6.81. The molecule has 3 heteroatoms. The molecule has 0 unspecified atom stereocenters. The molecular weight excluding hydrogens is 238 g/mol. The van der Waals surface area contributed by atoms with E-state index < -0.39 is 0 Å². The van der Waals surface area contributed by atoms with Crippen molar-refractivity contribution >= 4 is 5.97 Å². The molecule has 1 aliphatic heterocycles. The van der Waals surface area contributed by atoms with Crippen LogP contribution in [0.4, 0.5) is 0 Å². The van der Waals surface area contributed by atoms with E-state index >= 15 is 0 Å². The summed E-state index contributed by atoms with van der Waals surface area (Å²) in [5.41, 5.74) is -0.298. The van der Waals surface area contributed by atoms with Crippen molar-refractivity contribution < 1.29 is 9.53 Å². The van der Waals surface area contributed by atoms with Crippen molar-refractivity contribution in [1.82, 2.24) is 5.32 Å². The number of hydrogen-bond acceptors (Lipinski definition) is 3. The number of hydrogen-bond donors (Lipinski definition) is 1. The molecule has 1 N–H and O–H groups in total. The van der Waals surface area contributed by atoms with E-state index in [1.165, 1.54) is 32.1 Å². The highest BCUT2D eigenvalue weighted by molar-refractivity contribution is 5.70. The van der Waals surface area contributed by atoms with Crippen LogP contribution in [0.3, 0.4) is 0 Å². The van der Waals surface area contributed by atoms with E-state index in [9.17, 15) is 4.79 Å². The molecule has 0 aromatic heterocycles. The van der Waals surface area contributed by atoms with Crippen LogP contribution in [-0.2, 0) is 9.53 Å². The van der Waals surface area contributed by atoms with Crippen molar-refractivity contribution in [2.45, 2.75) is 70.8 Å². The zero-order chi connectivity index (χ0) is 13.7. The fourth-order valence-corrected chi connectivity index (χ4v) is 3.56. The van der Waals surface area contributed by atoms with Crippen LogP contribution in [0.5, 0.6) is 0 Å². The highest BCUT2D eigenvalue weighted by Gasteiger charge is 2.34. The van der Waals surface area contributed by atoms with Gasteiger partial charge in [0.25, 0.3) is 0 Å². The van der Waals surface area contributed by atoms with Crippen LogP contribution in [0.2, 0.25) is 0 Å². The van der Waals surface area contributed by atoms with Crippen molar-refractivity contribution in [3.63, 3.8) is 0 Å². The highest BCUT2D eigenvalue weighted by atomic mass is 16.6. The molecule has 0 aromatic carbocycles. The van der Waals surface area contributed by atoms with E-state index in [1.54, 1.807) is 0 Å². The summed E-state index contributed by atoms with van der Waals surface area (Å²) in [5, 5.41) is 3.37.